The fourth-order valence-electron chi connectivity index (χ4n) is 2.42. The van der Waals surface area contributed by atoms with Crippen LogP contribution in [0.3, 0.4) is 0 Å². The zero-order chi connectivity index (χ0) is 18.0. The highest BCUT2D eigenvalue weighted by Gasteiger charge is 2.14. The molecule has 0 aliphatic carbocycles. The number of rotatable bonds is 5. The number of benzene rings is 1. The van der Waals surface area contributed by atoms with Crippen LogP contribution in [0.4, 0.5) is 0 Å². The van der Waals surface area contributed by atoms with E-state index in [9.17, 15) is 4.79 Å². The summed E-state index contributed by atoms with van der Waals surface area (Å²) in [5.41, 5.74) is 2.95. The van der Waals surface area contributed by atoms with Crippen LogP contribution in [0.25, 0.3) is 5.78 Å². The predicted octanol–water partition coefficient (Wildman–Crippen LogP) is 3.25. The molecule has 3 rings (SSSR count). The van der Waals surface area contributed by atoms with Crippen LogP contribution in [-0.4, -0.2) is 43.2 Å². The lowest BCUT2D eigenvalue weighted by Crippen LogP contribution is -2.28. The number of aryl methyl sites for hydroxylation is 2. The lowest BCUT2D eigenvalue weighted by atomic mass is 10.2. The van der Waals surface area contributed by atoms with E-state index in [1.54, 1.807) is 16.5 Å². The van der Waals surface area contributed by atoms with Gasteiger partial charge in [0.2, 0.25) is 11.1 Å². The Morgan fingerprint density at radius 2 is 2.04 bits per heavy atom. The molecule has 8 heteroatoms. The van der Waals surface area contributed by atoms with Crippen molar-refractivity contribution in [1.29, 1.82) is 0 Å². The molecular formula is C17H18BrN5OS. The normalized spacial score (nSPS) is 11.0. The van der Waals surface area contributed by atoms with Crippen molar-refractivity contribution < 1.29 is 4.79 Å². The number of aromatic nitrogens is 4. The summed E-state index contributed by atoms with van der Waals surface area (Å²) in [5.74, 6) is 0.880. The lowest BCUT2D eigenvalue weighted by molar-refractivity contribution is -0.127. The molecule has 1 amide bonds. The van der Waals surface area contributed by atoms with Gasteiger partial charge in [-0.3, -0.25) is 4.79 Å². The number of halogens is 1. The van der Waals surface area contributed by atoms with E-state index in [-0.39, 0.29) is 11.7 Å². The first-order valence-electron chi connectivity index (χ1n) is 7.75. The van der Waals surface area contributed by atoms with E-state index < -0.39 is 0 Å². The van der Waals surface area contributed by atoms with Crippen LogP contribution in [0.1, 0.15) is 17.0 Å². The van der Waals surface area contributed by atoms with Crippen LogP contribution in [0.5, 0.6) is 0 Å². The van der Waals surface area contributed by atoms with Crippen molar-refractivity contribution >= 4 is 39.4 Å². The van der Waals surface area contributed by atoms with Gasteiger partial charge in [0.15, 0.2) is 0 Å². The molecule has 0 saturated carbocycles. The second kappa shape index (κ2) is 7.53. The van der Waals surface area contributed by atoms with E-state index in [0.29, 0.717) is 17.5 Å². The second-order valence-electron chi connectivity index (χ2n) is 5.77. The molecule has 0 atom stereocenters. The van der Waals surface area contributed by atoms with Crippen molar-refractivity contribution in [1.82, 2.24) is 24.5 Å². The van der Waals surface area contributed by atoms with Crippen molar-refractivity contribution in [2.75, 3.05) is 12.8 Å². The van der Waals surface area contributed by atoms with E-state index >= 15 is 0 Å². The summed E-state index contributed by atoms with van der Waals surface area (Å²) in [6, 6.07) is 9.84. The summed E-state index contributed by atoms with van der Waals surface area (Å²) in [5, 5.41) is 4.97. The number of nitrogens with zero attached hydrogens (tertiary/aromatic N) is 5. The molecule has 0 spiro atoms. The second-order valence-corrected chi connectivity index (χ2v) is 7.57. The zero-order valence-corrected chi connectivity index (χ0v) is 16.6. The Bertz CT molecular complexity index is 927. The van der Waals surface area contributed by atoms with Crippen LogP contribution in [0.2, 0.25) is 0 Å². The standard InChI is InChI=1S/C17H18BrN5OS/c1-11-8-12(2)23-16(19-11)20-17(21-23)25-10-15(24)22(3)9-13-6-4-5-7-14(13)18/h4-8H,9-10H2,1-3H3. The van der Waals surface area contributed by atoms with Gasteiger partial charge >= 0.3 is 0 Å². The van der Waals surface area contributed by atoms with E-state index in [1.807, 2.05) is 44.2 Å². The maximum atomic E-state index is 12.4. The van der Waals surface area contributed by atoms with Crippen molar-refractivity contribution in [2.24, 2.45) is 0 Å². The fraction of sp³-hybridized carbons (Fsp3) is 0.294. The first-order valence-corrected chi connectivity index (χ1v) is 9.53. The number of hydrogen-bond donors (Lipinski definition) is 0. The van der Waals surface area contributed by atoms with Crippen LogP contribution in [0.15, 0.2) is 40.0 Å². The number of amides is 1. The molecule has 3 aromatic rings. The van der Waals surface area contributed by atoms with Crippen molar-refractivity contribution in [3.63, 3.8) is 0 Å². The maximum absolute atomic E-state index is 12.4. The molecule has 0 fully saturated rings. The maximum Gasteiger partial charge on any atom is 0.253 e. The molecular weight excluding hydrogens is 402 g/mol. The van der Waals surface area contributed by atoms with Gasteiger partial charge in [-0.15, -0.1) is 5.10 Å². The van der Waals surface area contributed by atoms with Gasteiger partial charge in [-0.1, -0.05) is 45.9 Å². The molecule has 130 valence electrons. The molecule has 0 N–H and O–H groups in total. The summed E-state index contributed by atoms with van der Waals surface area (Å²) < 4.78 is 2.70. The minimum atomic E-state index is 0.0282. The Morgan fingerprint density at radius 3 is 2.80 bits per heavy atom. The Balaban J connectivity index is 1.64. The van der Waals surface area contributed by atoms with E-state index in [4.69, 9.17) is 0 Å². The van der Waals surface area contributed by atoms with Gasteiger partial charge in [0.25, 0.3) is 5.78 Å². The van der Waals surface area contributed by atoms with Gasteiger partial charge in [0, 0.05) is 29.5 Å². The van der Waals surface area contributed by atoms with Crippen molar-refractivity contribution in [3.8, 4) is 0 Å². The van der Waals surface area contributed by atoms with E-state index in [2.05, 4.69) is 31.0 Å². The van der Waals surface area contributed by atoms with Crippen LogP contribution >= 0.6 is 27.7 Å². The van der Waals surface area contributed by atoms with E-state index in [0.717, 1.165) is 21.4 Å². The van der Waals surface area contributed by atoms with Crippen LogP contribution in [0, 0.1) is 13.8 Å². The number of carbonyl (C=O) groups excluding carboxylic acids is 1. The molecule has 0 unspecified atom stereocenters. The lowest BCUT2D eigenvalue weighted by Gasteiger charge is -2.17. The smallest absolute Gasteiger partial charge is 0.253 e. The average Bonchev–Trinajstić information content (AvgIpc) is 2.98. The molecule has 0 aliphatic rings. The Morgan fingerprint density at radius 1 is 1.28 bits per heavy atom. The highest BCUT2D eigenvalue weighted by molar-refractivity contribution is 9.10. The van der Waals surface area contributed by atoms with Gasteiger partial charge in [0.1, 0.15) is 0 Å². The Hall–Kier alpha value is -1.93. The predicted molar refractivity (Wildman–Crippen MR) is 102 cm³/mol. The summed E-state index contributed by atoms with van der Waals surface area (Å²) in [6.07, 6.45) is 0. The molecule has 0 bridgehead atoms. The monoisotopic (exact) mass is 419 g/mol. The van der Waals surface area contributed by atoms with Crippen molar-refractivity contribution in [2.45, 2.75) is 25.5 Å². The minimum absolute atomic E-state index is 0.0282. The highest BCUT2D eigenvalue weighted by atomic mass is 79.9. The quantitative estimate of drug-likeness (QED) is 0.593. The number of hydrogen-bond acceptors (Lipinski definition) is 5. The highest BCUT2D eigenvalue weighted by Crippen LogP contribution is 2.19. The number of carbonyl (C=O) groups is 1. The van der Waals surface area contributed by atoms with E-state index in [1.165, 1.54) is 11.8 Å². The largest absolute Gasteiger partial charge is 0.341 e. The van der Waals surface area contributed by atoms with Gasteiger partial charge in [-0.05, 0) is 31.5 Å². The molecule has 25 heavy (non-hydrogen) atoms. The first kappa shape index (κ1) is 17.9. The minimum Gasteiger partial charge on any atom is -0.341 e. The van der Waals surface area contributed by atoms with Crippen molar-refractivity contribution in [3.05, 3.63) is 51.8 Å². The summed E-state index contributed by atoms with van der Waals surface area (Å²) >= 11 is 4.83. The Labute approximate surface area is 158 Å². The average molecular weight is 420 g/mol. The topological polar surface area (TPSA) is 63.4 Å². The fourth-order valence-corrected chi connectivity index (χ4v) is 3.58. The SMILES string of the molecule is Cc1cc(C)n2nc(SCC(=O)N(C)Cc3ccccc3Br)nc2n1. The van der Waals surface area contributed by atoms with Gasteiger partial charge < -0.3 is 4.90 Å². The van der Waals surface area contributed by atoms with Gasteiger partial charge in [-0.25, -0.2) is 9.50 Å². The molecule has 0 saturated heterocycles. The van der Waals surface area contributed by atoms with Gasteiger partial charge in [-0.2, -0.15) is 4.98 Å². The van der Waals surface area contributed by atoms with Crippen LogP contribution in [-0.2, 0) is 11.3 Å². The third-order valence-corrected chi connectivity index (χ3v) is 5.31. The number of thioether (sulfide) groups is 1. The molecule has 2 aromatic heterocycles. The summed E-state index contributed by atoms with van der Waals surface area (Å²) in [7, 11) is 1.80. The molecule has 6 nitrogen and oxygen atoms in total. The Kier molecular flexibility index (Phi) is 5.39. The summed E-state index contributed by atoms with van der Waals surface area (Å²) in [6.45, 7) is 4.44. The third-order valence-electron chi connectivity index (χ3n) is 3.71. The van der Waals surface area contributed by atoms with Crippen LogP contribution < -0.4 is 0 Å². The molecule has 1 aromatic carbocycles. The molecule has 0 aliphatic heterocycles. The van der Waals surface area contributed by atoms with Gasteiger partial charge in [0.05, 0.1) is 5.75 Å². The third kappa shape index (κ3) is 4.19. The zero-order valence-electron chi connectivity index (χ0n) is 14.2. The first-order chi connectivity index (χ1) is 11.9. The summed E-state index contributed by atoms with van der Waals surface area (Å²) in [4.78, 5) is 22.8. The number of fused-ring (bicyclic) bond motifs is 1. The molecule has 0 radical (unpaired) electrons. The molecule has 2 heterocycles.